The smallest absolute Gasteiger partial charge is 0.311 e. The fraction of sp³-hybridized carbons (Fsp3) is 0.889. The van der Waals surface area contributed by atoms with Gasteiger partial charge in [0.2, 0.25) is 10.0 Å². The van der Waals surface area contributed by atoms with Crippen molar-refractivity contribution in [1.29, 1.82) is 0 Å². The molecule has 1 fully saturated rings. The maximum absolute atomic E-state index is 11.5. The van der Waals surface area contributed by atoms with Crippen molar-refractivity contribution in [2.75, 3.05) is 0 Å². The minimum absolute atomic E-state index is 0.251. The minimum Gasteiger partial charge on any atom is -0.460 e. The van der Waals surface area contributed by atoms with Crippen molar-refractivity contribution in [2.24, 2.45) is 11.1 Å². The highest BCUT2D eigenvalue weighted by atomic mass is 32.2. The minimum atomic E-state index is -3.68. The molecule has 0 heterocycles. The topological polar surface area (TPSA) is 86.5 Å². The summed E-state index contributed by atoms with van der Waals surface area (Å²) >= 11 is 0. The quantitative estimate of drug-likeness (QED) is 0.702. The van der Waals surface area contributed by atoms with Crippen LogP contribution in [-0.4, -0.2) is 24.7 Å². The van der Waals surface area contributed by atoms with Gasteiger partial charge in [-0.15, -0.1) is 0 Å². The second-order valence-electron chi connectivity index (χ2n) is 5.15. The van der Waals surface area contributed by atoms with Crippen LogP contribution in [0.4, 0.5) is 0 Å². The van der Waals surface area contributed by atoms with E-state index >= 15 is 0 Å². The van der Waals surface area contributed by atoms with E-state index in [1.807, 2.05) is 0 Å². The van der Waals surface area contributed by atoms with Gasteiger partial charge < -0.3 is 4.74 Å². The zero-order valence-electron chi connectivity index (χ0n) is 9.40. The number of esters is 1. The largest absolute Gasteiger partial charge is 0.460 e. The summed E-state index contributed by atoms with van der Waals surface area (Å²) in [5, 5.41) is 5.03. The summed E-state index contributed by atoms with van der Waals surface area (Å²) < 4.78 is 26.3. The number of primary sulfonamides is 1. The summed E-state index contributed by atoms with van der Waals surface area (Å²) in [5.41, 5.74) is -0.598. The van der Waals surface area contributed by atoms with Crippen molar-refractivity contribution >= 4 is 16.0 Å². The van der Waals surface area contributed by atoms with Crippen molar-refractivity contribution in [1.82, 2.24) is 0 Å². The van der Waals surface area contributed by atoms with Crippen LogP contribution in [0.15, 0.2) is 0 Å². The SMILES string of the molecule is CC(C)(C)OC(=O)C1CC1(C)S(N)(=O)=O. The molecule has 1 aliphatic carbocycles. The van der Waals surface area contributed by atoms with Gasteiger partial charge in [-0.3, -0.25) is 4.79 Å². The van der Waals surface area contributed by atoms with Gasteiger partial charge in [-0.2, -0.15) is 0 Å². The molecule has 6 heteroatoms. The van der Waals surface area contributed by atoms with Crippen molar-refractivity contribution in [3.05, 3.63) is 0 Å². The van der Waals surface area contributed by atoms with Gasteiger partial charge in [0.25, 0.3) is 0 Å². The Morgan fingerprint density at radius 1 is 1.47 bits per heavy atom. The molecular weight excluding hydrogens is 218 g/mol. The van der Waals surface area contributed by atoms with E-state index in [2.05, 4.69) is 0 Å². The van der Waals surface area contributed by atoms with Crippen LogP contribution in [0.1, 0.15) is 34.1 Å². The molecule has 0 amide bonds. The Morgan fingerprint density at radius 3 is 2.20 bits per heavy atom. The first kappa shape index (κ1) is 12.4. The molecule has 0 aromatic carbocycles. The zero-order valence-corrected chi connectivity index (χ0v) is 10.2. The number of ether oxygens (including phenoxy) is 1. The molecule has 2 N–H and O–H groups in total. The molecule has 0 aromatic rings. The van der Waals surface area contributed by atoms with Crippen LogP contribution in [-0.2, 0) is 19.6 Å². The molecule has 0 saturated heterocycles. The highest BCUT2D eigenvalue weighted by Gasteiger charge is 2.63. The van der Waals surface area contributed by atoms with E-state index in [0.29, 0.717) is 0 Å². The molecule has 0 aliphatic heterocycles. The lowest BCUT2D eigenvalue weighted by molar-refractivity contribution is -0.156. The van der Waals surface area contributed by atoms with Crippen molar-refractivity contribution in [3.8, 4) is 0 Å². The van der Waals surface area contributed by atoms with E-state index in [1.165, 1.54) is 6.92 Å². The summed E-state index contributed by atoms with van der Waals surface area (Å²) in [6.07, 6.45) is 0.251. The molecule has 0 radical (unpaired) electrons. The molecule has 2 atom stereocenters. The normalized spacial score (nSPS) is 31.1. The molecule has 88 valence electrons. The van der Waals surface area contributed by atoms with Gasteiger partial charge in [0.05, 0.1) is 10.7 Å². The van der Waals surface area contributed by atoms with Crippen molar-refractivity contribution in [3.63, 3.8) is 0 Å². The molecule has 1 aliphatic rings. The summed E-state index contributed by atoms with van der Waals surface area (Å²) in [5.74, 6) is -1.11. The van der Waals surface area contributed by atoms with Crippen molar-refractivity contribution in [2.45, 2.75) is 44.5 Å². The van der Waals surface area contributed by atoms with Crippen LogP contribution in [0.5, 0.6) is 0 Å². The summed E-state index contributed by atoms with van der Waals surface area (Å²) in [4.78, 5) is 11.5. The third-order valence-electron chi connectivity index (χ3n) is 2.53. The molecule has 5 nitrogen and oxygen atoms in total. The van der Waals surface area contributed by atoms with Crippen LogP contribution in [0.3, 0.4) is 0 Å². The average Bonchev–Trinajstić information content (AvgIpc) is 2.58. The second kappa shape index (κ2) is 3.18. The molecule has 0 aromatic heterocycles. The van der Waals surface area contributed by atoms with Gasteiger partial charge >= 0.3 is 5.97 Å². The van der Waals surface area contributed by atoms with E-state index in [1.54, 1.807) is 20.8 Å². The monoisotopic (exact) mass is 235 g/mol. The summed E-state index contributed by atoms with van der Waals surface area (Å²) in [6.45, 7) is 6.68. The molecule has 0 bridgehead atoms. The number of hydrogen-bond acceptors (Lipinski definition) is 4. The van der Waals surface area contributed by atoms with Gasteiger partial charge in [-0.25, -0.2) is 13.6 Å². The first-order chi connectivity index (χ1) is 6.47. The zero-order chi connectivity index (χ0) is 12.1. The molecule has 1 saturated carbocycles. The summed E-state index contributed by atoms with van der Waals surface area (Å²) in [6, 6.07) is 0. The highest BCUT2D eigenvalue weighted by Crippen LogP contribution is 2.49. The number of carbonyl (C=O) groups excluding carboxylic acids is 1. The van der Waals surface area contributed by atoms with E-state index in [0.717, 1.165) is 0 Å². The standard InChI is InChI=1S/C9H17NO4S/c1-8(2,3)14-7(11)6-5-9(6,4)15(10,12)13/h6H,5H2,1-4H3,(H2,10,12,13). The first-order valence-corrected chi connectivity index (χ1v) is 6.27. The third-order valence-corrected chi connectivity index (χ3v) is 4.28. The van der Waals surface area contributed by atoms with Gasteiger partial charge in [-0.1, -0.05) is 0 Å². The Balaban J connectivity index is 2.70. The van der Waals surface area contributed by atoms with Gasteiger partial charge in [-0.05, 0) is 34.1 Å². The van der Waals surface area contributed by atoms with E-state index < -0.39 is 32.3 Å². The first-order valence-electron chi connectivity index (χ1n) is 4.72. The molecule has 1 rings (SSSR count). The Kier molecular flexibility index (Phi) is 2.64. The Bertz CT molecular complexity index is 381. The Labute approximate surface area is 90.0 Å². The number of nitrogens with two attached hydrogens (primary N) is 1. The lowest BCUT2D eigenvalue weighted by Gasteiger charge is -2.20. The predicted molar refractivity (Wildman–Crippen MR) is 55.5 cm³/mol. The maximum Gasteiger partial charge on any atom is 0.311 e. The number of carbonyl (C=O) groups is 1. The predicted octanol–water partition coefficient (Wildman–Crippen LogP) is 0.395. The second-order valence-corrected chi connectivity index (χ2v) is 7.17. The molecule has 15 heavy (non-hydrogen) atoms. The van der Waals surface area contributed by atoms with Crippen molar-refractivity contribution < 1.29 is 17.9 Å². The fourth-order valence-corrected chi connectivity index (χ4v) is 2.26. The van der Waals surface area contributed by atoms with E-state index in [-0.39, 0.29) is 6.42 Å². The average molecular weight is 235 g/mol. The van der Waals surface area contributed by atoms with Gasteiger partial charge in [0.1, 0.15) is 5.60 Å². The molecule has 0 spiro atoms. The van der Waals surface area contributed by atoms with Crippen LogP contribution in [0.2, 0.25) is 0 Å². The fourth-order valence-electron chi connectivity index (χ4n) is 1.37. The van der Waals surface area contributed by atoms with Gasteiger partial charge in [0, 0.05) is 0 Å². The lowest BCUT2D eigenvalue weighted by atomic mass is 10.2. The van der Waals surface area contributed by atoms with Crippen LogP contribution in [0, 0.1) is 5.92 Å². The van der Waals surface area contributed by atoms with E-state index in [4.69, 9.17) is 9.88 Å². The molecular formula is C9H17NO4S. The number of rotatable bonds is 2. The molecule has 2 unspecified atom stereocenters. The van der Waals surface area contributed by atoms with Crippen LogP contribution in [0.25, 0.3) is 0 Å². The maximum atomic E-state index is 11.5. The number of sulfonamides is 1. The lowest BCUT2D eigenvalue weighted by Crippen LogP contribution is -2.33. The van der Waals surface area contributed by atoms with Crippen LogP contribution >= 0.6 is 0 Å². The highest BCUT2D eigenvalue weighted by molar-refractivity contribution is 7.90. The van der Waals surface area contributed by atoms with E-state index in [9.17, 15) is 13.2 Å². The Hall–Kier alpha value is -0.620. The van der Waals surface area contributed by atoms with Crippen LogP contribution < -0.4 is 5.14 Å². The van der Waals surface area contributed by atoms with Gasteiger partial charge in [0.15, 0.2) is 0 Å². The Morgan fingerprint density at radius 2 is 1.93 bits per heavy atom. The number of hydrogen-bond donors (Lipinski definition) is 1. The third kappa shape index (κ3) is 2.49. The summed E-state index contributed by atoms with van der Waals surface area (Å²) in [7, 11) is -3.68.